The molecule has 8 nitrogen and oxygen atoms in total. The topological polar surface area (TPSA) is 102 Å². The van der Waals surface area contributed by atoms with E-state index in [4.69, 9.17) is 9.47 Å². The summed E-state index contributed by atoms with van der Waals surface area (Å²) in [7, 11) is 0. The summed E-state index contributed by atoms with van der Waals surface area (Å²) in [5.74, 6) is -1.49. The molecule has 4 rings (SSSR count). The Hall–Kier alpha value is -3.68. The van der Waals surface area contributed by atoms with E-state index in [-0.39, 0.29) is 35.9 Å². The second-order valence-electron chi connectivity index (χ2n) is 8.54. The van der Waals surface area contributed by atoms with Gasteiger partial charge in [0.25, 0.3) is 17.7 Å². The van der Waals surface area contributed by atoms with Gasteiger partial charge < -0.3 is 14.8 Å². The van der Waals surface area contributed by atoms with Gasteiger partial charge in [0.2, 0.25) is 0 Å². The molecule has 0 unspecified atom stereocenters. The van der Waals surface area contributed by atoms with Crippen molar-refractivity contribution in [2.24, 2.45) is 0 Å². The Morgan fingerprint density at radius 3 is 2.32 bits per heavy atom. The van der Waals surface area contributed by atoms with Crippen LogP contribution in [0.1, 0.15) is 76.2 Å². The van der Waals surface area contributed by atoms with Crippen LogP contribution in [0.5, 0.6) is 5.75 Å². The maximum atomic E-state index is 13.0. The van der Waals surface area contributed by atoms with Gasteiger partial charge in [-0.2, -0.15) is 0 Å². The second kappa shape index (κ2) is 10.1. The van der Waals surface area contributed by atoms with Crippen molar-refractivity contribution in [3.05, 3.63) is 64.7 Å². The number of hydrogen-bond acceptors (Lipinski definition) is 6. The van der Waals surface area contributed by atoms with Crippen LogP contribution in [-0.2, 0) is 16.1 Å². The Balaban J connectivity index is 1.49. The number of carbonyl (C=O) groups excluding carboxylic acids is 4. The number of carbonyl (C=O) groups is 4. The highest BCUT2D eigenvalue weighted by Gasteiger charge is 2.35. The van der Waals surface area contributed by atoms with E-state index in [0.717, 1.165) is 30.6 Å². The first-order chi connectivity index (χ1) is 16.4. The number of fused-ring (bicyclic) bond motifs is 1. The van der Waals surface area contributed by atoms with Crippen molar-refractivity contribution in [1.82, 2.24) is 10.2 Å². The first kappa shape index (κ1) is 23.5. The monoisotopic (exact) mass is 464 g/mol. The highest BCUT2D eigenvalue weighted by Crippen LogP contribution is 2.27. The third-order valence-corrected chi connectivity index (χ3v) is 6.14. The van der Waals surface area contributed by atoms with Gasteiger partial charge in [0.05, 0.1) is 24.3 Å². The lowest BCUT2D eigenvalue weighted by atomic mass is 10.1. The van der Waals surface area contributed by atoms with Crippen molar-refractivity contribution < 1.29 is 28.7 Å². The maximum absolute atomic E-state index is 13.0. The fourth-order valence-corrected chi connectivity index (χ4v) is 4.35. The van der Waals surface area contributed by atoms with Crippen LogP contribution < -0.4 is 10.1 Å². The van der Waals surface area contributed by atoms with Crippen LogP contribution in [-0.4, -0.2) is 47.3 Å². The molecule has 0 bridgehead atoms. The van der Waals surface area contributed by atoms with Gasteiger partial charge in [-0.3, -0.25) is 19.3 Å². The summed E-state index contributed by atoms with van der Waals surface area (Å²) >= 11 is 0. The summed E-state index contributed by atoms with van der Waals surface area (Å²) in [5, 5.41) is 2.92. The second-order valence-corrected chi connectivity index (χ2v) is 8.54. The molecule has 178 valence electrons. The molecular weight excluding hydrogens is 436 g/mol. The summed E-state index contributed by atoms with van der Waals surface area (Å²) in [6.45, 7) is 3.65. The molecule has 1 aliphatic carbocycles. The highest BCUT2D eigenvalue weighted by molar-refractivity contribution is 6.21. The summed E-state index contributed by atoms with van der Waals surface area (Å²) in [6.07, 6.45) is 3.05. The number of esters is 1. The van der Waals surface area contributed by atoms with Crippen molar-refractivity contribution >= 4 is 23.7 Å². The van der Waals surface area contributed by atoms with E-state index >= 15 is 0 Å². The van der Waals surface area contributed by atoms with E-state index in [0.29, 0.717) is 29.0 Å². The standard InChI is InChI=1S/C26H28N2O6/c1-3-33-22-13-12-17(15-28-24(30)19-10-6-7-11-20(19)25(28)31)14-21(22)26(32)34-16(2)23(29)27-18-8-4-5-9-18/h6-7,10-14,16,18H,3-5,8-9,15H2,1-2H3,(H,27,29)/t16-/m0/s1. The molecule has 0 aromatic heterocycles. The number of amides is 3. The van der Waals surface area contributed by atoms with Gasteiger partial charge in [0, 0.05) is 6.04 Å². The van der Waals surface area contributed by atoms with Gasteiger partial charge in [-0.15, -0.1) is 0 Å². The van der Waals surface area contributed by atoms with E-state index in [2.05, 4.69) is 5.32 Å². The third-order valence-electron chi connectivity index (χ3n) is 6.14. The number of nitrogens with one attached hydrogen (secondary N) is 1. The van der Waals surface area contributed by atoms with Crippen molar-refractivity contribution in [1.29, 1.82) is 0 Å². The molecule has 2 aromatic carbocycles. The molecule has 2 aromatic rings. The zero-order valence-corrected chi connectivity index (χ0v) is 19.3. The Bertz CT molecular complexity index is 1090. The van der Waals surface area contributed by atoms with Crippen LogP contribution >= 0.6 is 0 Å². The lowest BCUT2D eigenvalue weighted by Gasteiger charge is -2.19. The zero-order valence-electron chi connectivity index (χ0n) is 19.3. The Morgan fingerprint density at radius 1 is 1.06 bits per heavy atom. The zero-order chi connectivity index (χ0) is 24.2. The van der Waals surface area contributed by atoms with E-state index in [1.54, 1.807) is 49.4 Å². The predicted octanol–water partition coefficient (Wildman–Crippen LogP) is 3.49. The Kier molecular flexibility index (Phi) is 6.95. The van der Waals surface area contributed by atoms with Crippen LogP contribution in [0.4, 0.5) is 0 Å². The smallest absolute Gasteiger partial charge is 0.342 e. The van der Waals surface area contributed by atoms with Crippen LogP contribution in [0, 0.1) is 0 Å². The Labute approximate surface area is 198 Å². The largest absolute Gasteiger partial charge is 0.493 e. The van der Waals surface area contributed by atoms with E-state index in [1.165, 1.54) is 6.92 Å². The van der Waals surface area contributed by atoms with Gasteiger partial charge in [0.1, 0.15) is 11.3 Å². The van der Waals surface area contributed by atoms with Crippen LogP contribution in [0.2, 0.25) is 0 Å². The number of benzene rings is 2. The summed E-state index contributed by atoms with van der Waals surface area (Å²) in [6, 6.07) is 11.6. The van der Waals surface area contributed by atoms with E-state index < -0.39 is 12.1 Å². The fraction of sp³-hybridized carbons (Fsp3) is 0.385. The number of nitrogens with zero attached hydrogens (tertiary/aromatic N) is 1. The molecule has 1 aliphatic heterocycles. The third kappa shape index (κ3) is 4.81. The van der Waals surface area contributed by atoms with E-state index in [9.17, 15) is 19.2 Å². The molecule has 8 heteroatoms. The lowest BCUT2D eigenvalue weighted by Crippen LogP contribution is -2.40. The van der Waals surface area contributed by atoms with E-state index in [1.807, 2.05) is 0 Å². The average Bonchev–Trinajstić information content (AvgIpc) is 3.43. The molecule has 0 radical (unpaired) electrons. The van der Waals surface area contributed by atoms with Gasteiger partial charge in [-0.1, -0.05) is 31.0 Å². The van der Waals surface area contributed by atoms with Gasteiger partial charge in [-0.25, -0.2) is 4.79 Å². The first-order valence-corrected chi connectivity index (χ1v) is 11.6. The SMILES string of the molecule is CCOc1ccc(CN2C(=O)c3ccccc3C2=O)cc1C(=O)O[C@@H](C)C(=O)NC1CCCC1. The van der Waals surface area contributed by atoms with Crippen molar-refractivity contribution in [3.8, 4) is 5.75 Å². The number of hydrogen-bond donors (Lipinski definition) is 1. The molecule has 1 N–H and O–H groups in total. The molecular formula is C26H28N2O6. The molecule has 1 fully saturated rings. The fourth-order valence-electron chi connectivity index (χ4n) is 4.35. The van der Waals surface area contributed by atoms with Gasteiger partial charge in [-0.05, 0) is 56.5 Å². The van der Waals surface area contributed by atoms with Crippen molar-refractivity contribution in [3.63, 3.8) is 0 Å². The minimum Gasteiger partial charge on any atom is -0.493 e. The quantitative estimate of drug-likeness (QED) is 0.474. The number of imide groups is 1. The predicted molar refractivity (Wildman–Crippen MR) is 124 cm³/mol. The highest BCUT2D eigenvalue weighted by atomic mass is 16.5. The first-order valence-electron chi connectivity index (χ1n) is 11.6. The maximum Gasteiger partial charge on any atom is 0.342 e. The molecule has 1 heterocycles. The van der Waals surface area contributed by atoms with Crippen molar-refractivity contribution in [2.75, 3.05) is 6.61 Å². The molecule has 3 amide bonds. The van der Waals surface area contributed by atoms with Crippen LogP contribution in [0.3, 0.4) is 0 Å². The molecule has 2 aliphatic rings. The van der Waals surface area contributed by atoms with Crippen molar-refractivity contribution in [2.45, 2.75) is 58.2 Å². The molecule has 1 atom stereocenters. The normalized spacial score (nSPS) is 16.4. The van der Waals surface area contributed by atoms with Gasteiger partial charge in [0.15, 0.2) is 6.10 Å². The lowest BCUT2D eigenvalue weighted by molar-refractivity contribution is -0.129. The van der Waals surface area contributed by atoms with Gasteiger partial charge >= 0.3 is 5.97 Å². The minimum atomic E-state index is -0.970. The number of ether oxygens (including phenoxy) is 2. The molecule has 1 saturated carbocycles. The Morgan fingerprint density at radius 2 is 1.71 bits per heavy atom. The average molecular weight is 465 g/mol. The molecule has 0 saturated heterocycles. The molecule has 34 heavy (non-hydrogen) atoms. The van der Waals surface area contributed by atoms with Crippen LogP contribution in [0.15, 0.2) is 42.5 Å². The molecule has 0 spiro atoms. The van der Waals surface area contributed by atoms with Crippen LogP contribution in [0.25, 0.3) is 0 Å². The number of rotatable bonds is 8. The minimum absolute atomic E-state index is 0.00322. The summed E-state index contributed by atoms with van der Waals surface area (Å²) < 4.78 is 11.0. The summed E-state index contributed by atoms with van der Waals surface area (Å²) in [5.41, 5.74) is 1.42. The summed E-state index contributed by atoms with van der Waals surface area (Å²) in [4.78, 5) is 52.0.